The second-order valence-corrected chi connectivity index (χ2v) is 24.3. The van der Waals surface area contributed by atoms with Gasteiger partial charge in [0.15, 0.2) is 24.8 Å². The van der Waals surface area contributed by atoms with Gasteiger partial charge in [0.05, 0.1) is 52.8 Å². The average Bonchev–Trinajstić information content (AvgIpc) is 3.99. The number of hydrogen-bond acceptors (Lipinski definition) is 22. The molecule has 0 radical (unpaired) electrons. The van der Waals surface area contributed by atoms with Crippen LogP contribution in [0.15, 0.2) is 34.3 Å². The number of carbonyl (C=O) groups is 3. The molecule has 2 aromatic rings. The number of nitrogens with zero attached hydrogens (tertiary/aromatic N) is 4. The first-order valence-electron chi connectivity index (χ1n) is 26.3. The lowest BCUT2D eigenvalue weighted by Gasteiger charge is -2.49. The molecule has 5 aliphatic rings. The van der Waals surface area contributed by atoms with Crippen molar-refractivity contribution in [3.05, 3.63) is 45.7 Å². The van der Waals surface area contributed by atoms with E-state index < -0.39 is 141 Å². The minimum absolute atomic E-state index is 0.0317. The summed E-state index contributed by atoms with van der Waals surface area (Å²) in [5.74, 6) is -6.01. The fourth-order valence-electron chi connectivity index (χ4n) is 12.0. The van der Waals surface area contributed by atoms with Gasteiger partial charge >= 0.3 is 18.1 Å². The molecule has 5 N–H and O–H groups in total. The third kappa shape index (κ3) is 12.3. The molecule has 0 bridgehead atoms. The molecule has 1 aromatic heterocycles. The van der Waals surface area contributed by atoms with Crippen molar-refractivity contribution >= 4 is 44.8 Å². The molecule has 1 aliphatic carbocycles. The molecule has 5 heterocycles. The molecule has 7 rings (SSSR count). The van der Waals surface area contributed by atoms with Crippen molar-refractivity contribution in [1.29, 1.82) is 0 Å². The minimum atomic E-state index is -4.22. The highest BCUT2D eigenvalue weighted by atomic mass is 32.2. The van der Waals surface area contributed by atoms with E-state index in [2.05, 4.69) is 10.5 Å². The number of rotatable bonds is 17. The fourth-order valence-corrected chi connectivity index (χ4v) is 13.1. The van der Waals surface area contributed by atoms with E-state index in [0.717, 1.165) is 5.56 Å². The van der Waals surface area contributed by atoms with Crippen LogP contribution >= 0.6 is 0 Å². The molecule has 1 aromatic carbocycles. The SMILES string of the molecule is CO[C@]1(C)C[C@H](O[C@H]2[C@H](C)[C@@H](O[C@@H]3O[C@H](C)C[C@H](N(C)C)[C@H]3O)[C@](C)(O)C[C@@H](C)/C(=N\O)[C@H]3OC(=O)O[C@@]34C(C)[C@H]4OC(=O)[C@@H]2C)O[C@@H](C)[C@@H]1OS(=O)(=O)CCNCCCc1ccc2c(c1)c(=O)c(C(=O)O)cn2N(C)C. The molecular weight excluding hydrogens is 1030 g/mol. The smallest absolute Gasteiger partial charge is 0.477 e. The summed E-state index contributed by atoms with van der Waals surface area (Å²) in [7, 11) is 4.30. The summed E-state index contributed by atoms with van der Waals surface area (Å²) >= 11 is 0. The van der Waals surface area contributed by atoms with Gasteiger partial charge in [-0.3, -0.25) is 18.4 Å². The van der Waals surface area contributed by atoms with Crippen LogP contribution in [0.4, 0.5) is 4.79 Å². The number of ether oxygens (including phenoxy) is 8. The van der Waals surface area contributed by atoms with Crippen molar-refractivity contribution in [2.45, 2.75) is 172 Å². The van der Waals surface area contributed by atoms with Gasteiger partial charge in [0.1, 0.15) is 23.5 Å². The number of carbonyl (C=O) groups excluding carboxylic acids is 2. The number of aliphatic hydroxyl groups is 2. The second-order valence-electron chi connectivity index (χ2n) is 22.6. The molecule has 1 unspecified atom stereocenters. The van der Waals surface area contributed by atoms with Gasteiger partial charge < -0.3 is 73.6 Å². The number of oxime groups is 1. The molecule has 0 amide bonds. The van der Waals surface area contributed by atoms with Gasteiger partial charge in [-0.25, -0.2) is 9.59 Å². The molecule has 4 aliphatic heterocycles. The number of aromatic nitrogens is 1. The summed E-state index contributed by atoms with van der Waals surface area (Å²) in [6.07, 6.45) is -9.43. The number of hydrogen-bond donors (Lipinski definition) is 5. The fraction of sp³-hybridized carbons (Fsp3) is 0.750. The van der Waals surface area contributed by atoms with Crippen LogP contribution in [0.1, 0.15) is 97.0 Å². The second kappa shape index (κ2) is 23.3. The Morgan fingerprint density at radius 2 is 1.68 bits per heavy atom. The van der Waals surface area contributed by atoms with Crippen molar-refractivity contribution in [2.24, 2.45) is 28.8 Å². The number of likely N-dealkylation sites (N-methyl/N-ethyl adjacent to an activating group) is 1. The van der Waals surface area contributed by atoms with Gasteiger partial charge in [-0.2, -0.15) is 8.42 Å². The highest BCUT2D eigenvalue weighted by Crippen LogP contribution is 2.57. The maximum Gasteiger partial charge on any atom is 0.509 e. The number of aromatic carboxylic acids is 1. The molecule has 4 saturated heterocycles. The van der Waals surface area contributed by atoms with Crippen molar-refractivity contribution in [2.75, 3.05) is 59.2 Å². The van der Waals surface area contributed by atoms with Crippen LogP contribution in [0.25, 0.3) is 10.9 Å². The minimum Gasteiger partial charge on any atom is -0.477 e. The number of esters is 1. The van der Waals surface area contributed by atoms with E-state index >= 15 is 0 Å². The Hall–Kier alpha value is -4.54. The van der Waals surface area contributed by atoms with Crippen LogP contribution in [0.3, 0.4) is 0 Å². The number of methoxy groups -OCH3 is 1. The van der Waals surface area contributed by atoms with Crippen molar-refractivity contribution in [3.8, 4) is 0 Å². The van der Waals surface area contributed by atoms with Gasteiger partial charge in [0, 0.05) is 69.5 Å². The molecule has 5 fully saturated rings. The van der Waals surface area contributed by atoms with Gasteiger partial charge in [0.2, 0.25) is 11.0 Å². The zero-order valence-electron chi connectivity index (χ0n) is 46.2. The Balaban J connectivity index is 1.07. The largest absolute Gasteiger partial charge is 0.509 e. The predicted octanol–water partition coefficient (Wildman–Crippen LogP) is 2.60. The summed E-state index contributed by atoms with van der Waals surface area (Å²) in [5.41, 5.74) is -4.36. The number of benzene rings is 1. The molecule has 24 nitrogen and oxygen atoms in total. The van der Waals surface area contributed by atoms with Gasteiger partial charge in [-0.1, -0.05) is 32.0 Å². The van der Waals surface area contributed by atoms with E-state index in [4.69, 9.17) is 42.1 Å². The summed E-state index contributed by atoms with van der Waals surface area (Å²) < 4.78 is 84.3. The number of aryl methyl sites for hydroxylation is 1. The average molecular weight is 1110 g/mol. The third-order valence-electron chi connectivity index (χ3n) is 16.3. The van der Waals surface area contributed by atoms with Crippen LogP contribution < -0.4 is 15.8 Å². The van der Waals surface area contributed by atoms with Crippen LogP contribution in [0.5, 0.6) is 0 Å². The topological polar surface area (TPSA) is 302 Å². The zero-order valence-corrected chi connectivity index (χ0v) is 47.1. The van der Waals surface area contributed by atoms with Crippen molar-refractivity contribution in [3.63, 3.8) is 0 Å². The Morgan fingerprint density at radius 1 is 0.974 bits per heavy atom. The van der Waals surface area contributed by atoms with Crippen LogP contribution in [-0.2, 0) is 63.4 Å². The zero-order chi connectivity index (χ0) is 56.9. The molecule has 432 valence electrons. The van der Waals surface area contributed by atoms with Crippen molar-refractivity contribution < 1.29 is 85.4 Å². The number of fused-ring (bicyclic) bond motifs is 1. The van der Waals surface area contributed by atoms with E-state index in [-0.39, 0.29) is 42.2 Å². The van der Waals surface area contributed by atoms with E-state index in [1.165, 1.54) is 20.2 Å². The van der Waals surface area contributed by atoms with E-state index in [1.807, 2.05) is 32.0 Å². The van der Waals surface area contributed by atoms with Gasteiger partial charge in [-0.05, 0) is 98.6 Å². The number of carboxylic acid groups (broad SMARTS) is 1. The molecule has 77 heavy (non-hydrogen) atoms. The molecule has 18 atom stereocenters. The molecule has 25 heteroatoms. The van der Waals surface area contributed by atoms with Crippen LogP contribution in [-0.4, -0.2) is 201 Å². The Morgan fingerprint density at radius 3 is 2.31 bits per heavy atom. The van der Waals surface area contributed by atoms with Crippen molar-refractivity contribution in [1.82, 2.24) is 14.9 Å². The summed E-state index contributed by atoms with van der Waals surface area (Å²) in [6.45, 7) is 13.7. The monoisotopic (exact) mass is 1110 g/mol. The lowest BCUT2D eigenvalue weighted by atomic mass is 9.76. The molecule has 1 spiro atoms. The Bertz CT molecular complexity index is 2690. The van der Waals surface area contributed by atoms with E-state index in [0.29, 0.717) is 31.3 Å². The number of carboxylic acids is 1. The van der Waals surface area contributed by atoms with E-state index in [9.17, 15) is 48.1 Å². The molecular formula is C52H79N5O19S. The highest BCUT2D eigenvalue weighted by molar-refractivity contribution is 7.86. The Labute approximate surface area is 449 Å². The highest BCUT2D eigenvalue weighted by Gasteiger charge is 2.79. The molecule has 1 saturated carbocycles. The third-order valence-corrected chi connectivity index (χ3v) is 17.5. The van der Waals surface area contributed by atoms with Crippen LogP contribution in [0, 0.1) is 23.7 Å². The Kier molecular flexibility index (Phi) is 18.2. The summed E-state index contributed by atoms with van der Waals surface area (Å²) in [4.78, 5) is 54.0. The van der Waals surface area contributed by atoms with Gasteiger partial charge in [0.25, 0.3) is 10.1 Å². The predicted molar refractivity (Wildman–Crippen MR) is 277 cm³/mol. The lowest BCUT2D eigenvalue weighted by Crippen LogP contribution is -2.61. The first kappa shape index (κ1) is 60.1. The normalized spacial score (nSPS) is 38.4. The van der Waals surface area contributed by atoms with Crippen LogP contribution in [0.2, 0.25) is 0 Å². The first-order valence-corrected chi connectivity index (χ1v) is 27.8. The maximum absolute atomic E-state index is 14.5. The maximum atomic E-state index is 14.5. The lowest BCUT2D eigenvalue weighted by molar-refractivity contribution is -0.315. The standard InChI is InChI=1S/C52H79N5O19S/c1-26-23-50(7,64)42(73-48-40(59)36(55(9)10)21-27(2)69-48)28(3)41(29(4)47(62)72-43-30(5)52(43)45(38(26)54-65)74-49(63)75-52)71-37-24-51(8,68-13)44(31(6)70-37)76-77(66,67)20-19-53-18-14-15-32-16-17-35-33(22-32)39(58)34(46(60)61)25-57(35)56(11)12/h16-17,22,25-31,36-37,40-45,48,53,59,64-65H,14-15,18-21,23-24H2,1-13H3,(H,60,61)/b54-38+/t26-,27-,28+,29-,30?,31+,36+,37+,40-,41+,42-,43-,44+,45-,48+,50-,51-,52-/m1/s1. The quantitative estimate of drug-likeness (QED) is 0.0500. The van der Waals surface area contributed by atoms with Gasteiger partial charge in [-0.15, -0.1) is 0 Å². The summed E-state index contributed by atoms with van der Waals surface area (Å²) in [6, 6.07) is 4.91. The first-order chi connectivity index (χ1) is 36.0. The van der Waals surface area contributed by atoms with E-state index in [1.54, 1.807) is 77.5 Å². The summed E-state index contributed by atoms with van der Waals surface area (Å²) in [5, 5.41) is 53.2. The number of nitrogens with one attached hydrogen (secondary N) is 1. The number of aliphatic hydroxyl groups excluding tert-OH is 1. The number of pyridine rings is 1.